The number of carbonyl (C=O) groups is 1. The van der Waals surface area contributed by atoms with Gasteiger partial charge in [0.2, 0.25) is 0 Å². The minimum absolute atomic E-state index is 0.543. The molecular formula is C20H26N4O3. The van der Waals surface area contributed by atoms with Crippen LogP contribution in [0.5, 0.6) is 0 Å². The highest BCUT2D eigenvalue weighted by Crippen LogP contribution is 2.27. The number of carboxylic acid groups (broad SMARTS) is 1. The Kier molecular flexibility index (Phi) is 5.52. The predicted molar refractivity (Wildman–Crippen MR) is 101 cm³/mol. The fourth-order valence-corrected chi connectivity index (χ4v) is 4.19. The van der Waals surface area contributed by atoms with Crippen LogP contribution in [-0.2, 0) is 9.53 Å². The largest absolute Gasteiger partial charge is 0.480 e. The molecule has 2 aliphatic heterocycles. The summed E-state index contributed by atoms with van der Waals surface area (Å²) in [7, 11) is 0. The molecule has 1 N–H and O–H groups in total. The first-order valence-electron chi connectivity index (χ1n) is 9.61. The lowest BCUT2D eigenvalue weighted by Gasteiger charge is -2.41. The molecule has 2 saturated heterocycles. The van der Waals surface area contributed by atoms with Crippen molar-refractivity contribution in [3.63, 3.8) is 0 Å². The molecule has 2 fully saturated rings. The zero-order valence-electron chi connectivity index (χ0n) is 15.4. The number of carboxylic acids is 1. The highest BCUT2D eigenvalue weighted by molar-refractivity contribution is 5.75. The maximum absolute atomic E-state index is 12.0. The van der Waals surface area contributed by atoms with E-state index in [4.69, 9.17) is 4.74 Å². The summed E-state index contributed by atoms with van der Waals surface area (Å²) in [6.07, 6.45) is 5.62. The molecule has 7 nitrogen and oxygen atoms in total. The Morgan fingerprint density at radius 1 is 1.11 bits per heavy atom. The number of piperidine rings is 1. The van der Waals surface area contributed by atoms with Crippen LogP contribution in [0.15, 0.2) is 42.7 Å². The Hall–Kier alpha value is -2.22. The summed E-state index contributed by atoms with van der Waals surface area (Å²) in [5, 5.41) is 14.1. The van der Waals surface area contributed by atoms with Crippen LogP contribution < -0.4 is 0 Å². The van der Waals surface area contributed by atoms with E-state index in [1.165, 1.54) is 0 Å². The normalized spacial score (nSPS) is 21.2. The molecule has 7 heteroatoms. The van der Waals surface area contributed by atoms with Crippen LogP contribution in [0.3, 0.4) is 0 Å². The highest BCUT2D eigenvalue weighted by atomic mass is 16.5. The van der Waals surface area contributed by atoms with Crippen molar-refractivity contribution < 1.29 is 14.6 Å². The molecule has 0 amide bonds. The average Bonchev–Trinajstić information content (AvgIpc) is 3.25. The van der Waals surface area contributed by atoms with Crippen molar-refractivity contribution in [2.24, 2.45) is 0 Å². The Bertz CT molecular complexity index is 733. The van der Waals surface area contributed by atoms with Crippen LogP contribution in [-0.4, -0.2) is 76.1 Å². The second-order valence-corrected chi connectivity index (χ2v) is 7.20. The van der Waals surface area contributed by atoms with E-state index in [0.717, 1.165) is 63.5 Å². The van der Waals surface area contributed by atoms with E-state index in [1.54, 1.807) is 10.9 Å². The molecule has 3 heterocycles. The van der Waals surface area contributed by atoms with Crippen LogP contribution in [0.2, 0.25) is 0 Å². The maximum Gasteiger partial charge on any atom is 0.325 e. The lowest BCUT2D eigenvalue weighted by Crippen LogP contribution is -2.50. The van der Waals surface area contributed by atoms with E-state index in [2.05, 4.69) is 14.9 Å². The van der Waals surface area contributed by atoms with Crippen molar-refractivity contribution >= 4 is 5.97 Å². The molecule has 1 aromatic heterocycles. The molecule has 27 heavy (non-hydrogen) atoms. The molecule has 0 saturated carbocycles. The van der Waals surface area contributed by atoms with Crippen molar-refractivity contribution in [2.45, 2.75) is 24.9 Å². The highest BCUT2D eigenvalue weighted by Gasteiger charge is 2.33. The van der Waals surface area contributed by atoms with Crippen LogP contribution >= 0.6 is 0 Å². The van der Waals surface area contributed by atoms with Gasteiger partial charge in [-0.15, -0.1) is 0 Å². The summed E-state index contributed by atoms with van der Waals surface area (Å²) in [5.74, 6) is -0.785. The van der Waals surface area contributed by atoms with Gasteiger partial charge in [-0.3, -0.25) is 14.6 Å². The summed E-state index contributed by atoms with van der Waals surface area (Å²) in [6, 6.07) is 9.49. The van der Waals surface area contributed by atoms with E-state index in [1.807, 2.05) is 36.5 Å². The van der Waals surface area contributed by atoms with Gasteiger partial charge in [-0.25, -0.2) is 4.68 Å². The van der Waals surface area contributed by atoms with Gasteiger partial charge < -0.3 is 9.84 Å². The number of aromatic nitrogens is 2. The molecule has 0 spiro atoms. The van der Waals surface area contributed by atoms with Gasteiger partial charge in [0.25, 0.3) is 0 Å². The maximum atomic E-state index is 12.0. The van der Waals surface area contributed by atoms with Gasteiger partial charge >= 0.3 is 5.97 Å². The number of ether oxygens (including phenoxy) is 1. The second-order valence-electron chi connectivity index (χ2n) is 7.20. The topological polar surface area (TPSA) is 70.8 Å². The Labute approximate surface area is 159 Å². The predicted octanol–water partition coefficient (Wildman–Crippen LogP) is 1.79. The van der Waals surface area contributed by atoms with E-state index in [0.29, 0.717) is 6.04 Å². The number of nitrogens with zero attached hydrogens (tertiary/aromatic N) is 4. The number of morpholine rings is 1. The van der Waals surface area contributed by atoms with Gasteiger partial charge in [-0.1, -0.05) is 12.1 Å². The zero-order chi connectivity index (χ0) is 18.6. The van der Waals surface area contributed by atoms with Crippen LogP contribution in [0.25, 0.3) is 5.69 Å². The molecule has 144 valence electrons. The fraction of sp³-hybridized carbons (Fsp3) is 0.500. The zero-order valence-corrected chi connectivity index (χ0v) is 15.4. The summed E-state index contributed by atoms with van der Waals surface area (Å²) in [5.41, 5.74) is 1.75. The molecular weight excluding hydrogens is 344 g/mol. The first kappa shape index (κ1) is 18.2. The van der Waals surface area contributed by atoms with Crippen molar-refractivity contribution in [1.29, 1.82) is 0 Å². The molecule has 4 rings (SSSR count). The molecule has 1 aromatic carbocycles. The second kappa shape index (κ2) is 8.21. The third-order valence-corrected chi connectivity index (χ3v) is 5.64. The Morgan fingerprint density at radius 3 is 2.41 bits per heavy atom. The molecule has 1 atom stereocenters. The van der Waals surface area contributed by atoms with Crippen molar-refractivity contribution in [3.05, 3.63) is 48.3 Å². The molecule has 1 unspecified atom stereocenters. The van der Waals surface area contributed by atoms with Crippen LogP contribution in [0, 0.1) is 0 Å². The smallest absolute Gasteiger partial charge is 0.325 e. The van der Waals surface area contributed by atoms with Gasteiger partial charge in [-0.05, 0) is 36.6 Å². The number of rotatable bonds is 5. The van der Waals surface area contributed by atoms with Crippen molar-refractivity contribution in [1.82, 2.24) is 19.6 Å². The summed E-state index contributed by atoms with van der Waals surface area (Å²) < 4.78 is 7.21. The standard InChI is InChI=1S/C20H26N4O3/c25-20(26)19(16-2-4-18(5-3-16)24-9-1-8-21-24)23-10-6-17(7-11-23)22-12-14-27-15-13-22/h1-5,8-9,17,19H,6-7,10-15H2,(H,25,26). The molecule has 2 aromatic rings. The number of hydrogen-bond acceptors (Lipinski definition) is 5. The van der Waals surface area contributed by atoms with Gasteiger partial charge in [-0.2, -0.15) is 5.10 Å². The SMILES string of the molecule is O=C(O)C(c1ccc(-n2cccn2)cc1)N1CCC(N2CCOCC2)CC1. The number of hydrogen-bond donors (Lipinski definition) is 1. The van der Waals surface area contributed by atoms with Crippen LogP contribution in [0.4, 0.5) is 0 Å². The van der Waals surface area contributed by atoms with E-state index < -0.39 is 12.0 Å². The van der Waals surface area contributed by atoms with E-state index in [-0.39, 0.29) is 0 Å². The van der Waals surface area contributed by atoms with E-state index >= 15 is 0 Å². The van der Waals surface area contributed by atoms with Gasteiger partial charge in [0, 0.05) is 44.6 Å². The molecule has 0 radical (unpaired) electrons. The lowest BCUT2D eigenvalue weighted by molar-refractivity contribution is -0.144. The van der Waals surface area contributed by atoms with Crippen molar-refractivity contribution in [2.75, 3.05) is 39.4 Å². The summed E-state index contributed by atoms with van der Waals surface area (Å²) >= 11 is 0. The molecule has 2 aliphatic rings. The number of aliphatic carboxylic acids is 1. The van der Waals surface area contributed by atoms with Gasteiger partial charge in [0.05, 0.1) is 18.9 Å². The fourth-order valence-electron chi connectivity index (χ4n) is 4.19. The quantitative estimate of drug-likeness (QED) is 0.865. The monoisotopic (exact) mass is 370 g/mol. The lowest BCUT2D eigenvalue weighted by atomic mass is 9.98. The average molecular weight is 370 g/mol. The first-order chi connectivity index (χ1) is 13.2. The molecule has 0 bridgehead atoms. The number of likely N-dealkylation sites (tertiary alicyclic amines) is 1. The summed E-state index contributed by atoms with van der Waals surface area (Å²) in [4.78, 5) is 16.6. The Morgan fingerprint density at radius 2 is 1.81 bits per heavy atom. The minimum atomic E-state index is -0.785. The number of benzene rings is 1. The molecule has 0 aliphatic carbocycles. The third kappa shape index (κ3) is 4.05. The van der Waals surface area contributed by atoms with Gasteiger partial charge in [0.1, 0.15) is 6.04 Å². The summed E-state index contributed by atoms with van der Waals surface area (Å²) in [6.45, 7) is 5.20. The third-order valence-electron chi connectivity index (χ3n) is 5.64. The van der Waals surface area contributed by atoms with Crippen LogP contribution in [0.1, 0.15) is 24.4 Å². The first-order valence-corrected chi connectivity index (χ1v) is 9.61. The van der Waals surface area contributed by atoms with E-state index in [9.17, 15) is 9.90 Å². The van der Waals surface area contributed by atoms with Gasteiger partial charge in [0.15, 0.2) is 0 Å². The van der Waals surface area contributed by atoms with Crippen molar-refractivity contribution in [3.8, 4) is 5.69 Å². The Balaban J connectivity index is 1.43. The minimum Gasteiger partial charge on any atom is -0.480 e.